The normalized spacial score (nSPS) is 33.3. The molecule has 0 saturated carbocycles. The van der Waals surface area contributed by atoms with Gasteiger partial charge >= 0.3 is 0 Å². The van der Waals surface area contributed by atoms with E-state index >= 15 is 0 Å². The van der Waals surface area contributed by atoms with E-state index in [9.17, 15) is 19.5 Å². The lowest BCUT2D eigenvalue weighted by Gasteiger charge is -2.37. The second-order valence-electron chi connectivity index (χ2n) is 11.1. The first-order valence-electron chi connectivity index (χ1n) is 13.9. The van der Waals surface area contributed by atoms with E-state index in [2.05, 4.69) is 22.5 Å². The van der Waals surface area contributed by atoms with Crippen molar-refractivity contribution in [2.24, 2.45) is 11.8 Å². The van der Waals surface area contributed by atoms with Crippen molar-refractivity contribution in [3.05, 3.63) is 35.9 Å². The molecule has 208 valence electrons. The van der Waals surface area contributed by atoms with Gasteiger partial charge in [0.1, 0.15) is 6.04 Å². The van der Waals surface area contributed by atoms with Crippen LogP contribution in [0.2, 0.25) is 0 Å². The van der Waals surface area contributed by atoms with Crippen molar-refractivity contribution in [1.82, 2.24) is 20.4 Å². The van der Waals surface area contributed by atoms with E-state index in [1.165, 1.54) is 0 Å². The van der Waals surface area contributed by atoms with Crippen LogP contribution >= 0.6 is 11.8 Å². The molecule has 1 spiro atoms. The van der Waals surface area contributed by atoms with Crippen LogP contribution in [0.1, 0.15) is 44.7 Å². The summed E-state index contributed by atoms with van der Waals surface area (Å²) in [5.74, 6) is -1.61. The fourth-order valence-corrected chi connectivity index (χ4v) is 9.39. The Morgan fingerprint density at radius 1 is 1.13 bits per heavy atom. The predicted octanol–water partition coefficient (Wildman–Crippen LogP) is 1.18. The quantitative estimate of drug-likeness (QED) is 0.406. The molecule has 6 atom stereocenters. The molecule has 0 aromatic heterocycles. The number of ether oxygens (including phenoxy) is 1. The van der Waals surface area contributed by atoms with E-state index < -0.39 is 33.4 Å². The lowest BCUT2D eigenvalue weighted by molar-refractivity contribution is -0.143. The largest absolute Gasteiger partial charge is 0.394 e. The zero-order chi connectivity index (χ0) is 26.9. The SMILES string of the molecule is CCCNC(=O)[C@H]1[C@H]2C(=O)N([C@H](CO)c3ccccc3)C(C(=O)NCCN3CCOCC3)C23CC[C@]1(C)S3. The molecular formula is C28H40N4O5S. The first kappa shape index (κ1) is 27.4. The summed E-state index contributed by atoms with van der Waals surface area (Å²) in [5.41, 5.74) is 0.781. The Hall–Kier alpha value is -2.14. The van der Waals surface area contributed by atoms with Crippen LogP contribution in [0.4, 0.5) is 0 Å². The number of rotatable bonds is 10. The third-order valence-corrected chi connectivity index (χ3v) is 10.8. The van der Waals surface area contributed by atoms with Crippen molar-refractivity contribution >= 4 is 29.5 Å². The summed E-state index contributed by atoms with van der Waals surface area (Å²) in [4.78, 5) is 45.7. The molecule has 10 heteroatoms. The van der Waals surface area contributed by atoms with E-state index in [0.29, 0.717) is 39.3 Å². The van der Waals surface area contributed by atoms with Crippen molar-refractivity contribution in [1.29, 1.82) is 0 Å². The van der Waals surface area contributed by atoms with Gasteiger partial charge in [-0.15, -0.1) is 11.8 Å². The monoisotopic (exact) mass is 544 g/mol. The van der Waals surface area contributed by atoms with Gasteiger partial charge < -0.3 is 25.4 Å². The molecule has 1 aromatic carbocycles. The lowest BCUT2D eigenvalue weighted by Crippen LogP contribution is -2.55. The van der Waals surface area contributed by atoms with Crippen molar-refractivity contribution in [3.8, 4) is 0 Å². The van der Waals surface area contributed by atoms with Gasteiger partial charge in [-0.1, -0.05) is 37.3 Å². The number of carbonyl (C=O) groups is 3. The van der Waals surface area contributed by atoms with Crippen molar-refractivity contribution < 1.29 is 24.2 Å². The summed E-state index contributed by atoms with van der Waals surface area (Å²) in [6.45, 7) is 8.56. The van der Waals surface area contributed by atoms with Crippen molar-refractivity contribution in [2.75, 3.05) is 52.5 Å². The zero-order valence-electron chi connectivity index (χ0n) is 22.4. The number of aliphatic hydroxyl groups excluding tert-OH is 1. The smallest absolute Gasteiger partial charge is 0.244 e. The molecule has 4 fully saturated rings. The number of fused-ring (bicyclic) bond motifs is 1. The molecule has 2 bridgehead atoms. The Morgan fingerprint density at radius 3 is 2.53 bits per heavy atom. The molecule has 2 unspecified atom stereocenters. The van der Waals surface area contributed by atoms with E-state index in [0.717, 1.165) is 31.5 Å². The molecule has 3 amide bonds. The second kappa shape index (κ2) is 11.2. The summed E-state index contributed by atoms with van der Waals surface area (Å²) in [5, 5.41) is 16.7. The minimum atomic E-state index is -0.766. The Bertz CT molecular complexity index is 1040. The highest BCUT2D eigenvalue weighted by atomic mass is 32.2. The van der Waals surface area contributed by atoms with Crippen LogP contribution in [-0.2, 0) is 19.1 Å². The number of nitrogens with zero attached hydrogens (tertiary/aromatic N) is 2. The maximum Gasteiger partial charge on any atom is 0.244 e. The maximum atomic E-state index is 14.3. The molecule has 4 aliphatic rings. The van der Waals surface area contributed by atoms with Crippen LogP contribution in [-0.4, -0.2) is 101 Å². The predicted molar refractivity (Wildman–Crippen MR) is 145 cm³/mol. The molecule has 1 aromatic rings. The number of hydrogen-bond acceptors (Lipinski definition) is 7. The first-order chi connectivity index (χ1) is 18.4. The second-order valence-corrected chi connectivity index (χ2v) is 13.0. The average molecular weight is 545 g/mol. The topological polar surface area (TPSA) is 111 Å². The summed E-state index contributed by atoms with van der Waals surface area (Å²) in [6.07, 6.45) is 2.27. The van der Waals surface area contributed by atoms with Crippen LogP contribution in [0.5, 0.6) is 0 Å². The lowest BCUT2D eigenvalue weighted by atomic mass is 9.66. The van der Waals surface area contributed by atoms with Crippen molar-refractivity contribution in [3.63, 3.8) is 0 Å². The molecule has 4 saturated heterocycles. The number of likely N-dealkylation sites (tertiary alicyclic amines) is 1. The van der Waals surface area contributed by atoms with E-state index in [1.807, 2.05) is 37.3 Å². The number of thioether (sulfide) groups is 1. The van der Waals surface area contributed by atoms with Crippen LogP contribution < -0.4 is 10.6 Å². The van der Waals surface area contributed by atoms with Crippen LogP contribution in [0, 0.1) is 11.8 Å². The van der Waals surface area contributed by atoms with Gasteiger partial charge in [0.05, 0.1) is 42.4 Å². The van der Waals surface area contributed by atoms with Crippen LogP contribution in [0.25, 0.3) is 0 Å². The fourth-order valence-electron chi connectivity index (χ4n) is 7.05. The Kier molecular flexibility index (Phi) is 8.05. The highest BCUT2D eigenvalue weighted by Crippen LogP contribution is 2.71. The highest BCUT2D eigenvalue weighted by molar-refractivity contribution is 8.02. The average Bonchev–Trinajstić information content (AvgIpc) is 3.50. The Balaban J connectivity index is 1.47. The van der Waals surface area contributed by atoms with Gasteiger partial charge in [0.15, 0.2) is 0 Å². The van der Waals surface area contributed by atoms with Crippen LogP contribution in [0.3, 0.4) is 0 Å². The summed E-state index contributed by atoms with van der Waals surface area (Å²) >= 11 is 1.66. The number of hydrogen-bond donors (Lipinski definition) is 3. The molecule has 4 aliphatic heterocycles. The minimum Gasteiger partial charge on any atom is -0.394 e. The standard InChI is InChI=1S/C28H40N4O5S/c1-3-11-29-24(34)21-22-26(36)32(20(18-33)19-7-5-4-6-8-19)23(28(22)10-9-27(21,2)38-28)25(35)30-12-13-31-14-16-37-17-15-31/h4-8,20-23,33H,3,9-18H2,1-2H3,(H,29,34)(H,30,35)/t20-,21-,22+,23?,27+,28?/m1/s1. The molecular weight excluding hydrogens is 504 g/mol. The van der Waals surface area contributed by atoms with Crippen LogP contribution in [0.15, 0.2) is 30.3 Å². The van der Waals surface area contributed by atoms with Gasteiger partial charge in [-0.3, -0.25) is 19.3 Å². The van der Waals surface area contributed by atoms with E-state index in [4.69, 9.17) is 4.74 Å². The highest BCUT2D eigenvalue weighted by Gasteiger charge is 2.77. The molecule has 5 rings (SSSR count). The first-order valence-corrected chi connectivity index (χ1v) is 14.7. The maximum absolute atomic E-state index is 14.3. The van der Waals surface area contributed by atoms with Gasteiger partial charge in [0, 0.05) is 37.5 Å². The molecule has 3 N–H and O–H groups in total. The minimum absolute atomic E-state index is 0.102. The van der Waals surface area contributed by atoms with Crippen molar-refractivity contribution in [2.45, 2.75) is 54.7 Å². The number of aliphatic hydroxyl groups is 1. The number of carbonyl (C=O) groups excluding carboxylic acids is 3. The third-order valence-electron chi connectivity index (χ3n) is 8.82. The summed E-state index contributed by atoms with van der Waals surface area (Å²) < 4.78 is 4.32. The third kappa shape index (κ3) is 4.63. The molecule has 38 heavy (non-hydrogen) atoms. The molecule has 9 nitrogen and oxygen atoms in total. The number of morpholine rings is 1. The van der Waals surface area contributed by atoms with Gasteiger partial charge in [0.2, 0.25) is 17.7 Å². The Morgan fingerprint density at radius 2 is 1.84 bits per heavy atom. The van der Waals surface area contributed by atoms with Gasteiger partial charge in [-0.2, -0.15) is 0 Å². The number of amides is 3. The van der Waals surface area contributed by atoms with Gasteiger partial charge in [-0.25, -0.2) is 0 Å². The summed E-state index contributed by atoms with van der Waals surface area (Å²) in [7, 11) is 0. The van der Waals surface area contributed by atoms with Gasteiger partial charge in [0.25, 0.3) is 0 Å². The van der Waals surface area contributed by atoms with E-state index in [-0.39, 0.29) is 24.3 Å². The Labute approximate surface area is 229 Å². The molecule has 4 heterocycles. The van der Waals surface area contributed by atoms with E-state index in [1.54, 1.807) is 16.7 Å². The summed E-state index contributed by atoms with van der Waals surface area (Å²) in [6, 6.07) is 7.96. The molecule has 0 radical (unpaired) electrons. The molecule has 0 aliphatic carbocycles. The fraction of sp³-hybridized carbons (Fsp3) is 0.679. The number of benzene rings is 1. The van der Waals surface area contributed by atoms with Gasteiger partial charge in [-0.05, 0) is 31.7 Å². The number of nitrogens with one attached hydrogen (secondary N) is 2. The zero-order valence-corrected chi connectivity index (χ0v) is 23.2.